The zero-order chi connectivity index (χ0) is 12.3. The molecule has 0 fully saturated rings. The van der Waals surface area contributed by atoms with Gasteiger partial charge in [-0.1, -0.05) is 0 Å². The third-order valence-corrected chi connectivity index (χ3v) is 2.36. The number of amidine groups is 1. The van der Waals surface area contributed by atoms with E-state index in [1.54, 1.807) is 26.4 Å². The highest BCUT2D eigenvalue weighted by atomic mass is 16.5. The first-order valence-electron chi connectivity index (χ1n) is 5.06. The van der Waals surface area contributed by atoms with Crippen molar-refractivity contribution in [1.29, 1.82) is 0 Å². The van der Waals surface area contributed by atoms with Crippen molar-refractivity contribution < 1.29 is 14.3 Å². The summed E-state index contributed by atoms with van der Waals surface area (Å²) in [5, 5.41) is 0. The van der Waals surface area contributed by atoms with Gasteiger partial charge < -0.3 is 9.47 Å². The summed E-state index contributed by atoms with van der Waals surface area (Å²) in [5.41, 5.74) is 6.05. The second kappa shape index (κ2) is 4.73. The standard InChI is InChI=1S/C11H13N3O3/c1-16-8-4-3-7(5-9(8)17-2)11-12-6-10(15)13-14-11/h3-5H,6H2,1-2H3,(H,12,14)(H,13,15). The Morgan fingerprint density at radius 3 is 2.53 bits per heavy atom. The van der Waals surface area contributed by atoms with Crippen LogP contribution >= 0.6 is 0 Å². The number of hydrogen-bond acceptors (Lipinski definition) is 5. The van der Waals surface area contributed by atoms with E-state index in [-0.39, 0.29) is 12.5 Å². The van der Waals surface area contributed by atoms with Crippen LogP contribution in [-0.4, -0.2) is 32.5 Å². The number of ether oxygens (including phenoxy) is 2. The molecule has 2 N–H and O–H groups in total. The fourth-order valence-corrected chi connectivity index (χ4v) is 1.51. The molecule has 1 aromatic carbocycles. The molecule has 0 aromatic heterocycles. The molecule has 0 unspecified atom stereocenters. The monoisotopic (exact) mass is 235 g/mol. The summed E-state index contributed by atoms with van der Waals surface area (Å²) in [6, 6.07) is 5.42. The average molecular weight is 235 g/mol. The molecule has 0 radical (unpaired) electrons. The van der Waals surface area contributed by atoms with Crippen molar-refractivity contribution in [3.05, 3.63) is 23.8 Å². The van der Waals surface area contributed by atoms with Gasteiger partial charge in [-0.15, -0.1) is 0 Å². The Morgan fingerprint density at radius 2 is 1.94 bits per heavy atom. The third-order valence-electron chi connectivity index (χ3n) is 2.36. The lowest BCUT2D eigenvalue weighted by molar-refractivity contribution is -0.120. The molecular weight excluding hydrogens is 222 g/mol. The van der Waals surface area contributed by atoms with Crippen LogP contribution in [-0.2, 0) is 4.79 Å². The van der Waals surface area contributed by atoms with Crippen LogP contribution < -0.4 is 20.3 Å². The molecule has 1 aliphatic rings. The van der Waals surface area contributed by atoms with E-state index in [0.717, 1.165) is 5.56 Å². The number of rotatable bonds is 3. The van der Waals surface area contributed by atoms with Gasteiger partial charge in [-0.2, -0.15) is 0 Å². The third kappa shape index (κ3) is 2.30. The maximum atomic E-state index is 10.9. The number of hydrazine groups is 1. The van der Waals surface area contributed by atoms with Gasteiger partial charge in [0.25, 0.3) is 5.91 Å². The molecule has 90 valence electrons. The van der Waals surface area contributed by atoms with Crippen molar-refractivity contribution in [2.75, 3.05) is 20.8 Å². The lowest BCUT2D eigenvalue weighted by Gasteiger charge is -2.16. The maximum absolute atomic E-state index is 10.9. The molecule has 0 bridgehead atoms. The number of aliphatic imine (C=N–C) groups is 1. The van der Waals surface area contributed by atoms with Gasteiger partial charge >= 0.3 is 0 Å². The van der Waals surface area contributed by atoms with Gasteiger partial charge in [0, 0.05) is 5.56 Å². The largest absolute Gasteiger partial charge is 0.493 e. The number of hydrogen-bond donors (Lipinski definition) is 2. The van der Waals surface area contributed by atoms with E-state index >= 15 is 0 Å². The number of amides is 1. The van der Waals surface area contributed by atoms with Crippen molar-refractivity contribution in [2.24, 2.45) is 4.99 Å². The molecule has 0 atom stereocenters. The fourth-order valence-electron chi connectivity index (χ4n) is 1.51. The van der Waals surface area contributed by atoms with E-state index in [1.165, 1.54) is 0 Å². The van der Waals surface area contributed by atoms with Crippen LogP contribution in [0.3, 0.4) is 0 Å². The van der Waals surface area contributed by atoms with E-state index in [4.69, 9.17) is 9.47 Å². The molecule has 17 heavy (non-hydrogen) atoms. The van der Waals surface area contributed by atoms with E-state index in [1.807, 2.05) is 6.07 Å². The Bertz CT molecular complexity index is 471. The summed E-state index contributed by atoms with van der Waals surface area (Å²) in [6.07, 6.45) is 0. The van der Waals surface area contributed by atoms with Gasteiger partial charge in [-0.3, -0.25) is 20.6 Å². The van der Waals surface area contributed by atoms with Crippen LogP contribution in [0.2, 0.25) is 0 Å². The quantitative estimate of drug-likeness (QED) is 0.778. The molecule has 0 saturated carbocycles. The van der Waals surface area contributed by atoms with Crippen LogP contribution in [0.25, 0.3) is 0 Å². The van der Waals surface area contributed by atoms with Gasteiger partial charge in [0.15, 0.2) is 11.5 Å². The topological polar surface area (TPSA) is 72.0 Å². The Labute approximate surface area is 98.6 Å². The van der Waals surface area contributed by atoms with E-state index in [9.17, 15) is 4.79 Å². The minimum Gasteiger partial charge on any atom is -0.493 e. The van der Waals surface area contributed by atoms with E-state index < -0.39 is 0 Å². The molecule has 1 aliphatic heterocycles. The molecule has 2 rings (SSSR count). The molecular formula is C11H13N3O3. The van der Waals surface area contributed by atoms with Gasteiger partial charge in [-0.05, 0) is 18.2 Å². The number of methoxy groups -OCH3 is 2. The van der Waals surface area contributed by atoms with Crippen LogP contribution in [0, 0.1) is 0 Å². The van der Waals surface area contributed by atoms with E-state index in [2.05, 4.69) is 15.8 Å². The van der Waals surface area contributed by atoms with Crippen LogP contribution in [0.15, 0.2) is 23.2 Å². The fraction of sp³-hybridized carbons (Fsp3) is 0.273. The highest BCUT2D eigenvalue weighted by Gasteiger charge is 2.13. The first-order valence-corrected chi connectivity index (χ1v) is 5.06. The highest BCUT2D eigenvalue weighted by Crippen LogP contribution is 2.27. The van der Waals surface area contributed by atoms with Crippen molar-refractivity contribution >= 4 is 11.7 Å². The molecule has 1 heterocycles. The number of carbonyl (C=O) groups is 1. The number of benzene rings is 1. The minimum absolute atomic E-state index is 0.122. The summed E-state index contributed by atoms with van der Waals surface area (Å²) in [6.45, 7) is 0.122. The molecule has 1 amide bonds. The first kappa shape index (κ1) is 11.3. The average Bonchev–Trinajstić information content (AvgIpc) is 2.39. The maximum Gasteiger partial charge on any atom is 0.260 e. The molecule has 0 aliphatic carbocycles. The van der Waals surface area contributed by atoms with Gasteiger partial charge in [-0.25, -0.2) is 0 Å². The number of nitrogens with zero attached hydrogens (tertiary/aromatic N) is 1. The lowest BCUT2D eigenvalue weighted by atomic mass is 10.2. The second-order valence-electron chi connectivity index (χ2n) is 3.41. The van der Waals surface area contributed by atoms with E-state index in [0.29, 0.717) is 17.3 Å². The van der Waals surface area contributed by atoms with Crippen LogP contribution in [0.4, 0.5) is 0 Å². The Balaban J connectivity index is 2.30. The smallest absolute Gasteiger partial charge is 0.260 e. The van der Waals surface area contributed by atoms with Crippen LogP contribution in [0.5, 0.6) is 11.5 Å². The van der Waals surface area contributed by atoms with Crippen molar-refractivity contribution in [1.82, 2.24) is 10.9 Å². The SMILES string of the molecule is COc1ccc(C2=NCC(=O)NN2)cc1OC. The first-order chi connectivity index (χ1) is 8.24. The summed E-state index contributed by atoms with van der Waals surface area (Å²) >= 11 is 0. The molecule has 6 heteroatoms. The number of nitrogens with one attached hydrogen (secondary N) is 2. The summed E-state index contributed by atoms with van der Waals surface area (Å²) in [5.74, 6) is 1.71. The molecule has 0 spiro atoms. The minimum atomic E-state index is -0.158. The predicted molar refractivity (Wildman–Crippen MR) is 62.2 cm³/mol. The Kier molecular flexibility index (Phi) is 3.13. The van der Waals surface area contributed by atoms with Gasteiger partial charge in [0.2, 0.25) is 0 Å². The van der Waals surface area contributed by atoms with Crippen molar-refractivity contribution in [3.8, 4) is 11.5 Å². The molecule has 0 saturated heterocycles. The number of carbonyl (C=O) groups excluding carboxylic acids is 1. The Morgan fingerprint density at radius 1 is 1.18 bits per heavy atom. The van der Waals surface area contributed by atoms with Crippen molar-refractivity contribution in [3.63, 3.8) is 0 Å². The summed E-state index contributed by atoms with van der Waals surface area (Å²) in [4.78, 5) is 15.0. The Hall–Kier alpha value is -2.24. The molecule has 6 nitrogen and oxygen atoms in total. The highest BCUT2D eigenvalue weighted by molar-refractivity contribution is 6.02. The zero-order valence-electron chi connectivity index (χ0n) is 9.61. The van der Waals surface area contributed by atoms with Gasteiger partial charge in [0.05, 0.1) is 14.2 Å². The predicted octanol–water partition coefficient (Wildman–Crippen LogP) is 0.0848. The zero-order valence-corrected chi connectivity index (χ0v) is 9.61. The summed E-state index contributed by atoms with van der Waals surface area (Å²) in [7, 11) is 3.15. The second-order valence-corrected chi connectivity index (χ2v) is 3.41. The van der Waals surface area contributed by atoms with Crippen LogP contribution in [0.1, 0.15) is 5.56 Å². The lowest BCUT2D eigenvalue weighted by Crippen LogP contribution is -2.47. The van der Waals surface area contributed by atoms with Crippen molar-refractivity contribution in [2.45, 2.75) is 0 Å². The van der Waals surface area contributed by atoms with Gasteiger partial charge in [0.1, 0.15) is 12.4 Å². The normalized spacial score (nSPS) is 14.5. The summed E-state index contributed by atoms with van der Waals surface area (Å²) < 4.78 is 10.3. The molecule has 1 aromatic rings.